The molecule has 3 nitrogen and oxygen atoms in total. The molecule has 3 fully saturated rings. The van der Waals surface area contributed by atoms with Crippen molar-refractivity contribution >= 4 is 0 Å². The van der Waals surface area contributed by atoms with Crippen LogP contribution in [0.4, 0.5) is 0 Å². The standard InChI is InChI=1S/C16H26O3/c1-11(2)7-8-13-15(3,19-13)14-12(17-4)6-5-9-16(14)10-18-16/h7,12-14H,5-6,8-10H2,1-4H3/t12?,13-,14?,15+,16?/m1/s1. The minimum absolute atomic E-state index is 0.0520. The van der Waals surface area contributed by atoms with Crippen molar-refractivity contribution in [3.05, 3.63) is 11.6 Å². The van der Waals surface area contributed by atoms with Crippen molar-refractivity contribution in [1.29, 1.82) is 0 Å². The van der Waals surface area contributed by atoms with Crippen molar-refractivity contribution in [3.63, 3.8) is 0 Å². The average Bonchev–Trinajstić information content (AvgIpc) is 3.26. The molecule has 3 rings (SSSR count). The first kappa shape index (κ1) is 13.6. The van der Waals surface area contributed by atoms with E-state index < -0.39 is 0 Å². The van der Waals surface area contributed by atoms with Crippen LogP contribution >= 0.6 is 0 Å². The van der Waals surface area contributed by atoms with Crippen molar-refractivity contribution in [2.75, 3.05) is 13.7 Å². The Morgan fingerprint density at radius 1 is 1.42 bits per heavy atom. The Balaban J connectivity index is 1.74. The third kappa shape index (κ3) is 2.26. The molecule has 0 aromatic carbocycles. The van der Waals surface area contributed by atoms with Crippen molar-refractivity contribution in [2.45, 2.75) is 69.9 Å². The molecule has 2 aliphatic heterocycles. The fourth-order valence-corrected chi connectivity index (χ4v) is 4.00. The van der Waals surface area contributed by atoms with Crippen LogP contribution in [0.3, 0.4) is 0 Å². The third-order valence-corrected chi connectivity index (χ3v) is 5.18. The Morgan fingerprint density at radius 3 is 2.74 bits per heavy atom. The maximum absolute atomic E-state index is 6.10. The summed E-state index contributed by atoms with van der Waals surface area (Å²) in [7, 11) is 1.83. The van der Waals surface area contributed by atoms with E-state index in [1.807, 2.05) is 7.11 Å². The van der Waals surface area contributed by atoms with Gasteiger partial charge in [-0.2, -0.15) is 0 Å². The van der Waals surface area contributed by atoms with E-state index in [-0.39, 0.29) is 17.3 Å². The van der Waals surface area contributed by atoms with Crippen LogP contribution in [0.25, 0.3) is 0 Å². The second-order valence-electron chi connectivity index (χ2n) is 6.81. The molecule has 1 aliphatic carbocycles. The van der Waals surface area contributed by atoms with Crippen LogP contribution in [0.15, 0.2) is 11.6 Å². The molecule has 3 aliphatic rings. The lowest BCUT2D eigenvalue weighted by atomic mass is 9.69. The fourth-order valence-electron chi connectivity index (χ4n) is 4.00. The molecular formula is C16H26O3. The van der Waals surface area contributed by atoms with Gasteiger partial charge in [-0.3, -0.25) is 0 Å². The van der Waals surface area contributed by atoms with Gasteiger partial charge in [0.1, 0.15) is 5.60 Å². The first-order valence-corrected chi connectivity index (χ1v) is 7.50. The molecule has 3 heteroatoms. The van der Waals surface area contributed by atoms with Crippen LogP contribution in [0.1, 0.15) is 46.5 Å². The molecule has 0 aromatic heterocycles. The molecule has 1 saturated carbocycles. The molecule has 1 spiro atoms. The summed E-state index contributed by atoms with van der Waals surface area (Å²) in [6, 6.07) is 0. The normalized spacial score (nSPS) is 48.1. The fraction of sp³-hybridized carbons (Fsp3) is 0.875. The lowest BCUT2D eigenvalue weighted by Crippen LogP contribution is -2.48. The van der Waals surface area contributed by atoms with E-state index in [9.17, 15) is 0 Å². The number of hydrogen-bond donors (Lipinski definition) is 0. The largest absolute Gasteiger partial charge is 0.381 e. The molecule has 2 saturated heterocycles. The smallest absolute Gasteiger partial charge is 0.100 e. The van der Waals surface area contributed by atoms with Crippen molar-refractivity contribution in [2.24, 2.45) is 5.92 Å². The number of allylic oxidation sites excluding steroid dienone is 1. The second kappa shape index (κ2) is 4.57. The maximum atomic E-state index is 6.10. The number of epoxide rings is 2. The van der Waals surface area contributed by atoms with Gasteiger partial charge in [0.2, 0.25) is 0 Å². The topological polar surface area (TPSA) is 34.3 Å². The first-order valence-electron chi connectivity index (χ1n) is 7.50. The van der Waals surface area contributed by atoms with Gasteiger partial charge in [-0.15, -0.1) is 0 Å². The van der Waals surface area contributed by atoms with Gasteiger partial charge in [0.15, 0.2) is 0 Å². The first-order chi connectivity index (χ1) is 9.02. The van der Waals surface area contributed by atoms with E-state index in [1.165, 1.54) is 18.4 Å². The molecule has 19 heavy (non-hydrogen) atoms. The quantitative estimate of drug-likeness (QED) is 0.579. The molecule has 108 valence electrons. The molecule has 0 N–H and O–H groups in total. The van der Waals surface area contributed by atoms with E-state index in [4.69, 9.17) is 14.2 Å². The van der Waals surface area contributed by atoms with Gasteiger partial charge < -0.3 is 14.2 Å². The molecule has 5 atom stereocenters. The summed E-state index contributed by atoms with van der Waals surface area (Å²) in [6.45, 7) is 7.43. The van der Waals surface area contributed by atoms with Gasteiger partial charge in [-0.05, 0) is 46.5 Å². The molecule has 3 unspecified atom stereocenters. The Hall–Kier alpha value is -0.380. The highest BCUT2D eigenvalue weighted by Crippen LogP contribution is 2.59. The molecule has 0 radical (unpaired) electrons. The minimum Gasteiger partial charge on any atom is -0.381 e. The van der Waals surface area contributed by atoms with Crippen LogP contribution in [0, 0.1) is 5.92 Å². The summed E-state index contributed by atoms with van der Waals surface area (Å²) in [5.41, 5.74) is 1.37. The minimum atomic E-state index is -0.0520. The van der Waals surface area contributed by atoms with E-state index in [0.717, 1.165) is 19.4 Å². The Labute approximate surface area is 116 Å². The summed E-state index contributed by atoms with van der Waals surface area (Å²) in [5, 5.41) is 0. The highest BCUT2D eigenvalue weighted by molar-refractivity contribution is 5.19. The lowest BCUT2D eigenvalue weighted by Gasteiger charge is -2.38. The monoisotopic (exact) mass is 266 g/mol. The summed E-state index contributed by atoms with van der Waals surface area (Å²) >= 11 is 0. The highest BCUT2D eigenvalue weighted by atomic mass is 16.6. The van der Waals surface area contributed by atoms with E-state index in [1.54, 1.807) is 0 Å². The third-order valence-electron chi connectivity index (χ3n) is 5.18. The Bertz CT molecular complexity index is 381. The SMILES string of the molecule is COC1CCCC2(CO2)C1[C@@]1(C)O[C@@H]1CC=C(C)C. The van der Waals surface area contributed by atoms with Gasteiger partial charge in [0.25, 0.3) is 0 Å². The number of rotatable bonds is 4. The molecule has 2 heterocycles. The summed E-state index contributed by atoms with van der Waals surface area (Å²) in [5.74, 6) is 0.398. The van der Waals surface area contributed by atoms with Crippen molar-refractivity contribution < 1.29 is 14.2 Å². The van der Waals surface area contributed by atoms with Gasteiger partial charge in [-0.25, -0.2) is 0 Å². The van der Waals surface area contributed by atoms with Gasteiger partial charge in [0, 0.05) is 13.0 Å². The van der Waals surface area contributed by atoms with Crippen LogP contribution in [0.5, 0.6) is 0 Å². The van der Waals surface area contributed by atoms with Crippen LogP contribution in [0.2, 0.25) is 0 Å². The Kier molecular flexibility index (Phi) is 3.27. The summed E-state index contributed by atoms with van der Waals surface area (Å²) < 4.78 is 17.7. The average molecular weight is 266 g/mol. The van der Waals surface area contributed by atoms with Crippen molar-refractivity contribution in [1.82, 2.24) is 0 Å². The Morgan fingerprint density at radius 2 is 2.16 bits per heavy atom. The van der Waals surface area contributed by atoms with Crippen LogP contribution in [-0.2, 0) is 14.2 Å². The zero-order valence-electron chi connectivity index (χ0n) is 12.6. The zero-order chi connectivity index (χ0) is 13.7. The van der Waals surface area contributed by atoms with E-state index in [0.29, 0.717) is 12.0 Å². The molecule has 0 bridgehead atoms. The molecule has 0 amide bonds. The molecular weight excluding hydrogens is 240 g/mol. The zero-order valence-corrected chi connectivity index (χ0v) is 12.6. The van der Waals surface area contributed by atoms with Gasteiger partial charge in [-0.1, -0.05) is 11.6 Å². The van der Waals surface area contributed by atoms with Gasteiger partial charge in [0.05, 0.1) is 24.4 Å². The van der Waals surface area contributed by atoms with Crippen LogP contribution in [-0.4, -0.2) is 37.1 Å². The maximum Gasteiger partial charge on any atom is 0.100 e. The predicted octanol–water partition coefficient (Wildman–Crippen LogP) is 3.08. The number of methoxy groups -OCH3 is 1. The van der Waals surface area contributed by atoms with Crippen molar-refractivity contribution in [3.8, 4) is 0 Å². The summed E-state index contributed by atoms with van der Waals surface area (Å²) in [6.07, 6.45) is 7.45. The molecule has 0 aromatic rings. The predicted molar refractivity (Wildman–Crippen MR) is 74.1 cm³/mol. The van der Waals surface area contributed by atoms with Crippen LogP contribution < -0.4 is 0 Å². The number of hydrogen-bond acceptors (Lipinski definition) is 3. The lowest BCUT2D eigenvalue weighted by molar-refractivity contribution is -0.0492. The van der Waals surface area contributed by atoms with Gasteiger partial charge >= 0.3 is 0 Å². The van der Waals surface area contributed by atoms with E-state index in [2.05, 4.69) is 26.8 Å². The highest BCUT2D eigenvalue weighted by Gasteiger charge is 2.70. The number of ether oxygens (including phenoxy) is 3. The van der Waals surface area contributed by atoms with E-state index >= 15 is 0 Å². The summed E-state index contributed by atoms with van der Waals surface area (Å²) in [4.78, 5) is 0. The second-order valence-corrected chi connectivity index (χ2v) is 6.81.